The number of rotatable bonds is 1. The maximum Gasteiger partial charge on any atom is 2.00 e. The van der Waals surface area contributed by atoms with Crippen molar-refractivity contribution >= 4 is 0 Å². The Labute approximate surface area is 100 Å². The fourth-order valence-corrected chi connectivity index (χ4v) is 1.03. The van der Waals surface area contributed by atoms with Crippen LogP contribution in [-0.2, 0) is 26.2 Å². The van der Waals surface area contributed by atoms with Crippen molar-refractivity contribution in [3.8, 4) is 0 Å². The minimum absolute atomic E-state index is 0. The molecular formula is C12H14Zr. The molecule has 0 N–H and O–H groups in total. The molecule has 0 atom stereocenters. The summed E-state index contributed by atoms with van der Waals surface area (Å²) in [6, 6.07) is 0. The van der Waals surface area contributed by atoms with Crippen molar-refractivity contribution < 1.29 is 26.2 Å². The largest absolute Gasteiger partial charge is 2.00 e. The van der Waals surface area contributed by atoms with Crippen LogP contribution in [0.15, 0.2) is 36.0 Å². The molecule has 0 saturated heterocycles. The second-order valence-electron chi connectivity index (χ2n) is 2.67. The van der Waals surface area contributed by atoms with Crippen molar-refractivity contribution in [3.63, 3.8) is 0 Å². The quantitative estimate of drug-likeness (QED) is 0.625. The molecule has 0 spiro atoms. The Morgan fingerprint density at radius 1 is 1.31 bits per heavy atom. The van der Waals surface area contributed by atoms with Gasteiger partial charge in [-0.05, 0) is 0 Å². The minimum atomic E-state index is 0. The molecule has 0 saturated carbocycles. The maximum atomic E-state index is 3.21. The second kappa shape index (κ2) is 8.44. The summed E-state index contributed by atoms with van der Waals surface area (Å²) in [5.41, 5.74) is 1.36. The first-order chi connectivity index (χ1) is 5.93. The molecule has 0 aromatic rings. The standard InChI is InChI=1S/C7H9.C5H5.Zr/c1-2-7-5-3-4-6-7;1-2-4-5-3-1;/h3,5H,2,4H2,1H3;1-3H,4H2;/q2*-1;+2. The number of allylic oxidation sites excluding steroid dienone is 8. The average molecular weight is 249 g/mol. The van der Waals surface area contributed by atoms with Crippen LogP contribution in [0.4, 0.5) is 0 Å². The third kappa shape index (κ3) is 5.99. The van der Waals surface area contributed by atoms with E-state index in [2.05, 4.69) is 37.3 Å². The van der Waals surface area contributed by atoms with Crippen LogP contribution < -0.4 is 0 Å². The Kier molecular flexibility index (Phi) is 8.34. The van der Waals surface area contributed by atoms with Crippen LogP contribution in [0.25, 0.3) is 0 Å². The summed E-state index contributed by atoms with van der Waals surface area (Å²) in [7, 11) is 0. The summed E-state index contributed by atoms with van der Waals surface area (Å²) in [5, 5.41) is 0. The summed E-state index contributed by atoms with van der Waals surface area (Å²) in [6.07, 6.45) is 19.7. The van der Waals surface area contributed by atoms with E-state index in [4.69, 9.17) is 0 Å². The summed E-state index contributed by atoms with van der Waals surface area (Å²) in [5.74, 6) is 0. The van der Waals surface area contributed by atoms with E-state index < -0.39 is 0 Å². The van der Waals surface area contributed by atoms with Crippen molar-refractivity contribution in [2.75, 3.05) is 0 Å². The molecule has 0 aromatic carbocycles. The third-order valence-corrected chi connectivity index (χ3v) is 1.73. The summed E-state index contributed by atoms with van der Waals surface area (Å²) >= 11 is 0. The van der Waals surface area contributed by atoms with Crippen molar-refractivity contribution in [2.24, 2.45) is 0 Å². The van der Waals surface area contributed by atoms with E-state index in [9.17, 15) is 0 Å². The van der Waals surface area contributed by atoms with Crippen molar-refractivity contribution in [1.82, 2.24) is 0 Å². The monoisotopic (exact) mass is 248 g/mol. The smallest absolute Gasteiger partial charge is 0.273 e. The van der Waals surface area contributed by atoms with Gasteiger partial charge in [-0.2, -0.15) is 12.2 Å². The van der Waals surface area contributed by atoms with E-state index in [0.717, 1.165) is 19.3 Å². The molecule has 0 bridgehead atoms. The van der Waals surface area contributed by atoms with Gasteiger partial charge in [0.05, 0.1) is 0 Å². The Bertz CT molecular complexity index is 222. The first kappa shape index (κ1) is 12.8. The van der Waals surface area contributed by atoms with Gasteiger partial charge in [0.15, 0.2) is 0 Å². The van der Waals surface area contributed by atoms with Gasteiger partial charge in [0.1, 0.15) is 0 Å². The molecule has 0 fully saturated rings. The Morgan fingerprint density at radius 3 is 2.38 bits per heavy atom. The van der Waals surface area contributed by atoms with Gasteiger partial charge in [-0.25, -0.2) is 23.8 Å². The zero-order valence-corrected chi connectivity index (χ0v) is 10.5. The van der Waals surface area contributed by atoms with Gasteiger partial charge in [-0.15, -0.1) is 12.8 Å². The van der Waals surface area contributed by atoms with Gasteiger partial charge in [-0.3, -0.25) is 12.2 Å². The Morgan fingerprint density at radius 2 is 2.15 bits per heavy atom. The predicted octanol–water partition coefficient (Wildman–Crippen LogP) is 3.39. The number of hydrogen-bond donors (Lipinski definition) is 0. The van der Waals surface area contributed by atoms with Crippen LogP contribution >= 0.6 is 0 Å². The van der Waals surface area contributed by atoms with E-state index in [1.54, 1.807) is 0 Å². The van der Waals surface area contributed by atoms with Crippen molar-refractivity contribution in [2.45, 2.75) is 26.2 Å². The maximum absolute atomic E-state index is 3.21. The van der Waals surface area contributed by atoms with Crippen LogP contribution in [0, 0.1) is 12.2 Å². The molecule has 13 heavy (non-hydrogen) atoms. The van der Waals surface area contributed by atoms with Gasteiger partial charge in [0.2, 0.25) is 0 Å². The fourth-order valence-electron chi connectivity index (χ4n) is 1.03. The van der Waals surface area contributed by atoms with Gasteiger partial charge >= 0.3 is 26.2 Å². The van der Waals surface area contributed by atoms with E-state index in [0.29, 0.717) is 0 Å². The van der Waals surface area contributed by atoms with Gasteiger partial charge < -0.3 is 0 Å². The average Bonchev–Trinajstić information content (AvgIpc) is 2.81. The summed E-state index contributed by atoms with van der Waals surface area (Å²) in [4.78, 5) is 0. The van der Waals surface area contributed by atoms with Gasteiger partial charge in [0.25, 0.3) is 0 Å². The molecule has 2 aliphatic rings. The first-order valence-electron chi connectivity index (χ1n) is 4.41. The predicted molar refractivity (Wildman–Crippen MR) is 52.4 cm³/mol. The van der Waals surface area contributed by atoms with Gasteiger partial charge in [0, 0.05) is 0 Å². The molecule has 66 valence electrons. The zero-order valence-electron chi connectivity index (χ0n) is 8.01. The normalized spacial score (nSPS) is 16.2. The van der Waals surface area contributed by atoms with Crippen LogP contribution in [0.2, 0.25) is 0 Å². The van der Waals surface area contributed by atoms with Gasteiger partial charge in [-0.1, -0.05) is 13.3 Å². The molecule has 0 aromatic heterocycles. The van der Waals surface area contributed by atoms with Crippen LogP contribution in [-0.4, -0.2) is 0 Å². The second-order valence-corrected chi connectivity index (χ2v) is 2.67. The van der Waals surface area contributed by atoms with E-state index >= 15 is 0 Å². The van der Waals surface area contributed by atoms with Crippen molar-refractivity contribution in [3.05, 3.63) is 48.1 Å². The molecule has 0 amide bonds. The molecule has 2 rings (SSSR count). The van der Waals surface area contributed by atoms with Crippen LogP contribution in [0.1, 0.15) is 26.2 Å². The summed E-state index contributed by atoms with van der Waals surface area (Å²) in [6.45, 7) is 2.15. The van der Waals surface area contributed by atoms with Crippen molar-refractivity contribution in [1.29, 1.82) is 0 Å². The zero-order chi connectivity index (χ0) is 8.65. The fraction of sp³-hybridized carbons (Fsp3) is 0.333. The third-order valence-electron chi connectivity index (χ3n) is 1.73. The molecule has 0 nitrogen and oxygen atoms in total. The number of hydrogen-bond acceptors (Lipinski definition) is 0. The molecule has 2 aliphatic carbocycles. The molecule has 0 radical (unpaired) electrons. The molecular weight excluding hydrogens is 235 g/mol. The SMILES string of the molecule is CCC1=[C-]CC=C1.[C-]1=CC=CC1.[Zr+2]. The molecule has 0 aliphatic heterocycles. The molecule has 0 unspecified atom stereocenters. The minimum Gasteiger partial charge on any atom is -0.273 e. The van der Waals surface area contributed by atoms with Crippen LogP contribution in [0.3, 0.4) is 0 Å². The Balaban J connectivity index is 0.000000215. The Hall–Kier alpha value is -0.157. The van der Waals surface area contributed by atoms with E-state index in [1.807, 2.05) is 12.2 Å². The summed E-state index contributed by atoms with van der Waals surface area (Å²) < 4.78 is 0. The molecule has 1 heteroatoms. The topological polar surface area (TPSA) is 0 Å². The van der Waals surface area contributed by atoms with E-state index in [-0.39, 0.29) is 26.2 Å². The molecule has 0 heterocycles. The van der Waals surface area contributed by atoms with E-state index in [1.165, 1.54) is 5.57 Å². The van der Waals surface area contributed by atoms with Crippen LogP contribution in [0.5, 0.6) is 0 Å². The first-order valence-corrected chi connectivity index (χ1v) is 4.41.